The highest BCUT2D eigenvalue weighted by atomic mass is 16.5. The standard InChI is InChI=1S/C13H25N3O2/c1-15-6-3-4-11(9-15)10-16(2)13(17)12-8-14-5-7-18-12/h11-12,14H,3-10H2,1-2H3. The Labute approximate surface area is 109 Å². The van der Waals surface area contributed by atoms with Crippen LogP contribution in [0.5, 0.6) is 0 Å². The molecular formula is C13H25N3O2. The average molecular weight is 255 g/mol. The Balaban J connectivity index is 1.79. The number of likely N-dealkylation sites (tertiary alicyclic amines) is 1. The topological polar surface area (TPSA) is 44.8 Å². The molecule has 5 heteroatoms. The normalized spacial score (nSPS) is 30.1. The molecule has 0 aliphatic carbocycles. The van der Waals surface area contributed by atoms with Crippen molar-refractivity contribution in [3.05, 3.63) is 0 Å². The summed E-state index contributed by atoms with van der Waals surface area (Å²) in [6, 6.07) is 0. The van der Waals surface area contributed by atoms with Gasteiger partial charge in [0, 0.05) is 33.2 Å². The molecule has 2 fully saturated rings. The highest BCUT2D eigenvalue weighted by molar-refractivity contribution is 5.81. The fourth-order valence-electron chi connectivity index (χ4n) is 2.87. The van der Waals surface area contributed by atoms with Crippen LogP contribution in [0.1, 0.15) is 12.8 Å². The lowest BCUT2D eigenvalue weighted by atomic mass is 9.98. The van der Waals surface area contributed by atoms with Crippen LogP contribution in [0.4, 0.5) is 0 Å². The first-order valence-corrected chi connectivity index (χ1v) is 6.92. The van der Waals surface area contributed by atoms with Gasteiger partial charge >= 0.3 is 0 Å². The number of piperidine rings is 1. The molecule has 2 rings (SSSR count). The number of ether oxygens (including phenoxy) is 1. The zero-order valence-corrected chi connectivity index (χ0v) is 11.5. The smallest absolute Gasteiger partial charge is 0.252 e. The van der Waals surface area contributed by atoms with Gasteiger partial charge in [-0.2, -0.15) is 0 Å². The fourth-order valence-corrected chi connectivity index (χ4v) is 2.87. The van der Waals surface area contributed by atoms with Crippen molar-refractivity contribution in [2.75, 3.05) is 53.4 Å². The number of hydrogen-bond donors (Lipinski definition) is 1. The monoisotopic (exact) mass is 255 g/mol. The second-order valence-electron chi connectivity index (χ2n) is 5.55. The van der Waals surface area contributed by atoms with Crippen LogP contribution in [0.15, 0.2) is 0 Å². The maximum atomic E-state index is 12.2. The molecule has 0 bridgehead atoms. The Hall–Kier alpha value is -0.650. The lowest BCUT2D eigenvalue weighted by Crippen LogP contribution is -2.50. The van der Waals surface area contributed by atoms with Gasteiger partial charge in [-0.3, -0.25) is 4.79 Å². The molecule has 2 heterocycles. The molecule has 2 aliphatic rings. The minimum Gasteiger partial charge on any atom is -0.366 e. The second kappa shape index (κ2) is 6.50. The van der Waals surface area contributed by atoms with Crippen LogP contribution in [-0.2, 0) is 9.53 Å². The van der Waals surface area contributed by atoms with Gasteiger partial charge < -0.3 is 19.9 Å². The van der Waals surface area contributed by atoms with Crippen LogP contribution in [-0.4, -0.2) is 75.2 Å². The van der Waals surface area contributed by atoms with Gasteiger partial charge in [0.25, 0.3) is 5.91 Å². The number of nitrogens with zero attached hydrogens (tertiary/aromatic N) is 2. The van der Waals surface area contributed by atoms with Crippen LogP contribution in [0.3, 0.4) is 0 Å². The number of carbonyl (C=O) groups excluding carboxylic acids is 1. The number of amides is 1. The molecule has 18 heavy (non-hydrogen) atoms. The van der Waals surface area contributed by atoms with Crippen molar-refractivity contribution in [1.29, 1.82) is 0 Å². The Morgan fingerprint density at radius 3 is 3.06 bits per heavy atom. The molecular weight excluding hydrogens is 230 g/mol. The lowest BCUT2D eigenvalue weighted by molar-refractivity contribution is -0.144. The third kappa shape index (κ3) is 3.67. The van der Waals surface area contributed by atoms with Crippen molar-refractivity contribution >= 4 is 5.91 Å². The highest BCUT2D eigenvalue weighted by Gasteiger charge is 2.27. The number of hydrogen-bond acceptors (Lipinski definition) is 4. The van der Waals surface area contributed by atoms with Gasteiger partial charge in [-0.25, -0.2) is 0 Å². The van der Waals surface area contributed by atoms with Gasteiger partial charge in [0.2, 0.25) is 0 Å². The van der Waals surface area contributed by atoms with Crippen molar-refractivity contribution in [3.63, 3.8) is 0 Å². The van der Waals surface area contributed by atoms with Crippen molar-refractivity contribution < 1.29 is 9.53 Å². The summed E-state index contributed by atoms with van der Waals surface area (Å²) in [5, 5.41) is 3.20. The maximum Gasteiger partial charge on any atom is 0.252 e. The van der Waals surface area contributed by atoms with Crippen LogP contribution in [0.25, 0.3) is 0 Å². The van der Waals surface area contributed by atoms with Crippen LogP contribution in [0.2, 0.25) is 0 Å². The summed E-state index contributed by atoms with van der Waals surface area (Å²) in [4.78, 5) is 16.4. The molecule has 0 radical (unpaired) electrons. The number of carbonyl (C=O) groups is 1. The van der Waals surface area contributed by atoms with Gasteiger partial charge in [-0.05, 0) is 32.4 Å². The zero-order valence-electron chi connectivity index (χ0n) is 11.5. The zero-order chi connectivity index (χ0) is 13.0. The summed E-state index contributed by atoms with van der Waals surface area (Å²) >= 11 is 0. The average Bonchev–Trinajstić information content (AvgIpc) is 2.39. The van der Waals surface area contributed by atoms with E-state index in [0.29, 0.717) is 19.1 Å². The quantitative estimate of drug-likeness (QED) is 0.757. The van der Waals surface area contributed by atoms with Crippen molar-refractivity contribution in [1.82, 2.24) is 15.1 Å². The maximum absolute atomic E-state index is 12.2. The van der Waals surface area contributed by atoms with Gasteiger partial charge in [0.15, 0.2) is 0 Å². The minimum atomic E-state index is -0.287. The predicted molar refractivity (Wildman–Crippen MR) is 70.5 cm³/mol. The van der Waals surface area contributed by atoms with Crippen LogP contribution in [0, 0.1) is 5.92 Å². The van der Waals surface area contributed by atoms with E-state index in [1.54, 1.807) is 0 Å². The Morgan fingerprint density at radius 1 is 1.56 bits per heavy atom. The van der Waals surface area contributed by atoms with E-state index in [1.165, 1.54) is 19.4 Å². The van der Waals surface area contributed by atoms with E-state index >= 15 is 0 Å². The van der Waals surface area contributed by atoms with Gasteiger partial charge in [0.1, 0.15) is 6.10 Å². The molecule has 2 unspecified atom stereocenters. The lowest BCUT2D eigenvalue weighted by Gasteiger charge is -2.34. The fraction of sp³-hybridized carbons (Fsp3) is 0.923. The molecule has 0 spiro atoms. The Kier molecular flexibility index (Phi) is 4.97. The molecule has 104 valence electrons. The molecule has 0 saturated carbocycles. The van der Waals surface area contributed by atoms with Crippen molar-refractivity contribution in [2.45, 2.75) is 18.9 Å². The minimum absolute atomic E-state index is 0.121. The summed E-state index contributed by atoms with van der Waals surface area (Å²) < 4.78 is 5.51. The van der Waals surface area contributed by atoms with Gasteiger partial charge in [-0.1, -0.05) is 0 Å². The number of rotatable bonds is 3. The predicted octanol–water partition coefficient (Wildman–Crippen LogP) is -0.225. The SMILES string of the molecule is CN1CCCC(CN(C)C(=O)C2CNCCO2)C1. The first-order chi connectivity index (χ1) is 8.66. The molecule has 1 amide bonds. The first kappa shape index (κ1) is 13.8. The van der Waals surface area contributed by atoms with E-state index in [0.717, 1.165) is 19.6 Å². The van der Waals surface area contributed by atoms with E-state index in [2.05, 4.69) is 17.3 Å². The number of nitrogens with one attached hydrogen (secondary N) is 1. The molecule has 0 aromatic carbocycles. The second-order valence-corrected chi connectivity index (χ2v) is 5.55. The molecule has 2 saturated heterocycles. The summed E-state index contributed by atoms with van der Waals surface area (Å²) in [6.07, 6.45) is 2.18. The molecule has 2 aliphatic heterocycles. The van der Waals surface area contributed by atoms with Crippen LogP contribution < -0.4 is 5.32 Å². The van der Waals surface area contributed by atoms with Crippen LogP contribution >= 0.6 is 0 Å². The van der Waals surface area contributed by atoms with E-state index in [-0.39, 0.29) is 12.0 Å². The first-order valence-electron chi connectivity index (χ1n) is 6.92. The largest absolute Gasteiger partial charge is 0.366 e. The van der Waals surface area contributed by atoms with E-state index in [4.69, 9.17) is 4.74 Å². The number of likely N-dealkylation sites (N-methyl/N-ethyl adjacent to an activating group) is 1. The molecule has 5 nitrogen and oxygen atoms in total. The van der Waals surface area contributed by atoms with Gasteiger partial charge in [-0.15, -0.1) is 0 Å². The van der Waals surface area contributed by atoms with E-state index < -0.39 is 0 Å². The van der Waals surface area contributed by atoms with E-state index in [1.807, 2.05) is 11.9 Å². The third-order valence-electron chi connectivity index (χ3n) is 3.83. The number of morpholine rings is 1. The summed E-state index contributed by atoms with van der Waals surface area (Å²) in [5.41, 5.74) is 0. The summed E-state index contributed by atoms with van der Waals surface area (Å²) in [6.45, 7) is 5.26. The summed E-state index contributed by atoms with van der Waals surface area (Å²) in [5.74, 6) is 0.727. The molecule has 0 aromatic heterocycles. The summed E-state index contributed by atoms with van der Waals surface area (Å²) in [7, 11) is 4.05. The third-order valence-corrected chi connectivity index (χ3v) is 3.83. The Bertz CT molecular complexity index is 279. The highest BCUT2D eigenvalue weighted by Crippen LogP contribution is 2.16. The van der Waals surface area contributed by atoms with Crippen molar-refractivity contribution in [2.24, 2.45) is 5.92 Å². The molecule has 2 atom stereocenters. The van der Waals surface area contributed by atoms with E-state index in [9.17, 15) is 4.79 Å². The van der Waals surface area contributed by atoms with Crippen molar-refractivity contribution in [3.8, 4) is 0 Å². The molecule has 1 N–H and O–H groups in total. The Morgan fingerprint density at radius 2 is 2.39 bits per heavy atom. The van der Waals surface area contributed by atoms with Gasteiger partial charge in [0.05, 0.1) is 6.61 Å². The molecule has 0 aromatic rings.